The molecule has 0 aliphatic heterocycles. The van der Waals surface area contributed by atoms with E-state index < -0.39 is 10.0 Å². The Labute approximate surface area is 217 Å². The highest BCUT2D eigenvalue weighted by Gasteiger charge is 2.25. The first kappa shape index (κ1) is 24.5. The molecule has 0 radical (unpaired) electrons. The molecule has 0 N–H and O–H groups in total. The summed E-state index contributed by atoms with van der Waals surface area (Å²) in [4.78, 5) is 23.9. The first-order chi connectivity index (χ1) is 17.8. The van der Waals surface area contributed by atoms with E-state index >= 15 is 0 Å². The molecule has 0 fully saturated rings. The molecule has 7 nitrogen and oxygen atoms in total. The maximum absolute atomic E-state index is 13.8. The number of carbonyl (C=O) groups is 1. The molecule has 0 spiro atoms. The third kappa shape index (κ3) is 5.07. The predicted octanol–water partition coefficient (Wildman–Crippen LogP) is 5.50. The zero-order chi connectivity index (χ0) is 26.0. The van der Waals surface area contributed by atoms with E-state index in [4.69, 9.17) is 0 Å². The summed E-state index contributed by atoms with van der Waals surface area (Å²) in [6.45, 7) is 0.186. The van der Waals surface area contributed by atoms with Crippen LogP contribution in [0.5, 0.6) is 0 Å². The highest BCUT2D eigenvalue weighted by atomic mass is 32.2. The summed E-state index contributed by atoms with van der Waals surface area (Å²) in [7, 11) is -2.34. The van der Waals surface area contributed by atoms with Crippen LogP contribution in [0.25, 0.3) is 10.2 Å². The van der Waals surface area contributed by atoms with Gasteiger partial charge in [0.05, 0.1) is 27.3 Å². The molecule has 186 valence electrons. The van der Waals surface area contributed by atoms with Gasteiger partial charge in [-0.1, -0.05) is 35.6 Å². The zero-order valence-electron chi connectivity index (χ0n) is 19.7. The average molecular weight is 533 g/mol. The van der Waals surface area contributed by atoms with Crippen LogP contribution >= 0.6 is 11.3 Å². The van der Waals surface area contributed by atoms with E-state index in [9.17, 15) is 17.6 Å². The van der Waals surface area contributed by atoms with E-state index in [0.29, 0.717) is 21.0 Å². The average Bonchev–Trinajstić information content (AvgIpc) is 3.35. The maximum atomic E-state index is 13.8. The summed E-state index contributed by atoms with van der Waals surface area (Å²) in [5.74, 6) is -0.756. The van der Waals surface area contributed by atoms with Gasteiger partial charge in [0, 0.05) is 25.0 Å². The van der Waals surface area contributed by atoms with Gasteiger partial charge in [-0.15, -0.1) is 0 Å². The lowest BCUT2D eigenvalue weighted by molar-refractivity contribution is 0.0985. The monoisotopic (exact) mass is 532 g/mol. The van der Waals surface area contributed by atoms with Crippen LogP contribution < -0.4 is 9.21 Å². The Morgan fingerprint density at radius 1 is 0.973 bits per heavy atom. The number of anilines is 2. The molecule has 5 rings (SSSR count). The number of benzene rings is 3. The number of thiazole rings is 1. The summed E-state index contributed by atoms with van der Waals surface area (Å²) < 4.78 is 41.8. The van der Waals surface area contributed by atoms with Crippen molar-refractivity contribution in [2.45, 2.75) is 11.4 Å². The Bertz CT molecular complexity index is 1660. The lowest BCUT2D eigenvalue weighted by atomic mass is 10.2. The molecule has 0 saturated heterocycles. The molecule has 0 aliphatic carbocycles. The van der Waals surface area contributed by atoms with Crippen LogP contribution in [0.4, 0.5) is 15.2 Å². The molecule has 0 bridgehead atoms. The van der Waals surface area contributed by atoms with Crippen molar-refractivity contribution in [1.82, 2.24) is 9.97 Å². The van der Waals surface area contributed by atoms with E-state index in [1.807, 2.05) is 12.1 Å². The molecule has 5 aromatic rings. The minimum Gasteiger partial charge on any atom is -0.279 e. The molecule has 2 heterocycles. The van der Waals surface area contributed by atoms with Gasteiger partial charge in [0.15, 0.2) is 5.13 Å². The number of sulfonamides is 1. The third-order valence-electron chi connectivity index (χ3n) is 5.76. The van der Waals surface area contributed by atoms with Crippen LogP contribution in [0.15, 0.2) is 102 Å². The van der Waals surface area contributed by atoms with Crippen molar-refractivity contribution in [2.24, 2.45) is 0 Å². The minimum atomic E-state index is -3.82. The smallest absolute Gasteiger partial charge is 0.264 e. The number of aromatic nitrogens is 2. The van der Waals surface area contributed by atoms with Crippen molar-refractivity contribution in [2.75, 3.05) is 16.3 Å². The van der Waals surface area contributed by atoms with Crippen LogP contribution in [0.1, 0.15) is 15.9 Å². The van der Waals surface area contributed by atoms with Gasteiger partial charge >= 0.3 is 0 Å². The summed E-state index contributed by atoms with van der Waals surface area (Å²) in [5.41, 5.74) is 2.17. The van der Waals surface area contributed by atoms with Crippen molar-refractivity contribution in [3.8, 4) is 0 Å². The van der Waals surface area contributed by atoms with Crippen LogP contribution in [0.2, 0.25) is 0 Å². The van der Waals surface area contributed by atoms with Gasteiger partial charge in [0.1, 0.15) is 5.82 Å². The highest BCUT2D eigenvalue weighted by Crippen LogP contribution is 2.31. The number of pyridine rings is 1. The van der Waals surface area contributed by atoms with Gasteiger partial charge in [0.25, 0.3) is 15.9 Å². The molecule has 1 amide bonds. The lowest BCUT2D eigenvalue weighted by Gasteiger charge is -2.21. The van der Waals surface area contributed by atoms with Gasteiger partial charge in [0.2, 0.25) is 0 Å². The molecule has 37 heavy (non-hydrogen) atoms. The standard InChI is InChI=1S/C27H21FN4O3S2/c1-31(22-7-3-2-4-8-22)37(34,35)23-12-9-20(10-13-23)26(33)32(18-19-6-5-15-29-17-19)27-30-24-14-11-21(28)16-25(24)36-27/h2-17H,18H2,1H3. The van der Waals surface area contributed by atoms with Crippen molar-refractivity contribution >= 4 is 48.3 Å². The highest BCUT2D eigenvalue weighted by molar-refractivity contribution is 7.92. The van der Waals surface area contributed by atoms with Crippen LogP contribution in [0.3, 0.4) is 0 Å². The number of amides is 1. The summed E-state index contributed by atoms with van der Waals surface area (Å²) in [6.07, 6.45) is 3.30. The van der Waals surface area contributed by atoms with Crippen LogP contribution in [-0.2, 0) is 16.6 Å². The molecular weight excluding hydrogens is 511 g/mol. The minimum absolute atomic E-state index is 0.0599. The Morgan fingerprint density at radius 2 is 1.73 bits per heavy atom. The molecule has 0 aliphatic rings. The molecule has 0 atom stereocenters. The topological polar surface area (TPSA) is 83.5 Å². The SMILES string of the molecule is CN(c1ccccc1)S(=O)(=O)c1ccc(C(=O)N(Cc2cccnc2)c2nc3ccc(F)cc3s2)cc1. The van der Waals surface area contributed by atoms with E-state index in [1.165, 1.54) is 64.0 Å². The number of rotatable bonds is 7. The Kier molecular flexibility index (Phi) is 6.68. The van der Waals surface area contributed by atoms with E-state index in [-0.39, 0.29) is 28.7 Å². The van der Waals surface area contributed by atoms with E-state index in [2.05, 4.69) is 9.97 Å². The van der Waals surface area contributed by atoms with Gasteiger partial charge < -0.3 is 0 Å². The van der Waals surface area contributed by atoms with E-state index in [0.717, 1.165) is 5.56 Å². The molecule has 2 aromatic heterocycles. The number of halogens is 1. The Balaban J connectivity index is 1.47. The number of fused-ring (bicyclic) bond motifs is 1. The molecule has 0 unspecified atom stereocenters. The molecule has 3 aromatic carbocycles. The van der Waals surface area contributed by atoms with Gasteiger partial charge in [-0.05, 0) is 66.2 Å². The molecule has 0 saturated carbocycles. The van der Waals surface area contributed by atoms with Crippen molar-refractivity contribution in [3.63, 3.8) is 0 Å². The Hall–Kier alpha value is -4.15. The summed E-state index contributed by atoms with van der Waals surface area (Å²) >= 11 is 1.20. The predicted molar refractivity (Wildman–Crippen MR) is 143 cm³/mol. The summed E-state index contributed by atoms with van der Waals surface area (Å²) in [6, 6.07) is 22.4. The summed E-state index contributed by atoms with van der Waals surface area (Å²) in [5, 5.41) is 0.398. The second-order valence-corrected chi connectivity index (χ2v) is 11.2. The fraction of sp³-hybridized carbons (Fsp3) is 0.0741. The number of carbonyl (C=O) groups excluding carboxylic acids is 1. The van der Waals surface area contributed by atoms with Gasteiger partial charge in [-0.3, -0.25) is 19.0 Å². The number of hydrogen-bond acceptors (Lipinski definition) is 6. The van der Waals surface area contributed by atoms with Crippen molar-refractivity contribution in [1.29, 1.82) is 0 Å². The van der Waals surface area contributed by atoms with Crippen molar-refractivity contribution < 1.29 is 17.6 Å². The quantitative estimate of drug-likeness (QED) is 0.276. The first-order valence-corrected chi connectivity index (χ1v) is 13.5. The first-order valence-electron chi connectivity index (χ1n) is 11.2. The number of para-hydroxylation sites is 1. The number of hydrogen-bond donors (Lipinski definition) is 0. The second-order valence-electron chi connectivity index (χ2n) is 8.19. The van der Waals surface area contributed by atoms with E-state index in [1.54, 1.807) is 48.8 Å². The molecule has 10 heteroatoms. The van der Waals surface area contributed by atoms with Crippen molar-refractivity contribution in [3.05, 3.63) is 114 Å². The lowest BCUT2D eigenvalue weighted by Crippen LogP contribution is -2.30. The number of nitrogens with zero attached hydrogens (tertiary/aromatic N) is 4. The fourth-order valence-electron chi connectivity index (χ4n) is 3.76. The maximum Gasteiger partial charge on any atom is 0.264 e. The van der Waals surface area contributed by atoms with Gasteiger partial charge in [-0.2, -0.15) is 0 Å². The molecular formula is C27H21FN4O3S2. The van der Waals surface area contributed by atoms with Crippen LogP contribution in [0, 0.1) is 5.82 Å². The third-order valence-corrected chi connectivity index (χ3v) is 8.60. The largest absolute Gasteiger partial charge is 0.279 e. The van der Waals surface area contributed by atoms with Gasteiger partial charge in [-0.25, -0.2) is 17.8 Å². The zero-order valence-corrected chi connectivity index (χ0v) is 21.3. The Morgan fingerprint density at radius 3 is 2.43 bits per heavy atom. The second kappa shape index (κ2) is 10.1. The normalized spacial score (nSPS) is 11.4. The van der Waals surface area contributed by atoms with Crippen LogP contribution in [-0.4, -0.2) is 31.3 Å². The fourth-order valence-corrected chi connectivity index (χ4v) is 5.95.